The Balaban J connectivity index is 1.96. The zero-order chi connectivity index (χ0) is 14.3. The molecule has 2 aliphatic heterocycles. The standard InChI is InChI=1S/C15H21N3O2/c1-9-8-20-10(2)7-18(9)14-6-13-11(5-12(14)16)3-4-15(19)17-13/h5-6,9-10H,3-4,7-8,16H2,1-2H3,(H,17,19). The number of hydrogen-bond acceptors (Lipinski definition) is 4. The third kappa shape index (κ3) is 2.33. The van der Waals surface area contributed by atoms with Crippen LogP contribution in [0.3, 0.4) is 0 Å². The zero-order valence-electron chi connectivity index (χ0n) is 12.0. The molecule has 1 aromatic carbocycles. The first-order valence-electron chi connectivity index (χ1n) is 7.15. The molecule has 5 nitrogen and oxygen atoms in total. The van der Waals surface area contributed by atoms with Gasteiger partial charge >= 0.3 is 0 Å². The lowest BCUT2D eigenvalue weighted by molar-refractivity contribution is -0.116. The van der Waals surface area contributed by atoms with Gasteiger partial charge in [-0.3, -0.25) is 4.79 Å². The number of benzene rings is 1. The van der Waals surface area contributed by atoms with Crippen molar-refractivity contribution in [3.63, 3.8) is 0 Å². The van der Waals surface area contributed by atoms with Crippen LogP contribution in [0.1, 0.15) is 25.8 Å². The van der Waals surface area contributed by atoms with E-state index in [2.05, 4.69) is 24.1 Å². The Hall–Kier alpha value is -1.75. The van der Waals surface area contributed by atoms with Gasteiger partial charge in [-0.1, -0.05) is 0 Å². The number of aryl methyl sites for hydroxylation is 1. The molecule has 0 radical (unpaired) electrons. The molecule has 1 fully saturated rings. The Bertz CT molecular complexity index is 544. The minimum Gasteiger partial charge on any atom is -0.397 e. The number of hydrogen-bond donors (Lipinski definition) is 2. The molecule has 2 unspecified atom stereocenters. The molecule has 1 amide bonds. The predicted molar refractivity (Wildman–Crippen MR) is 80.0 cm³/mol. The highest BCUT2D eigenvalue weighted by atomic mass is 16.5. The molecular weight excluding hydrogens is 254 g/mol. The molecule has 2 atom stereocenters. The van der Waals surface area contributed by atoms with E-state index < -0.39 is 0 Å². The van der Waals surface area contributed by atoms with Gasteiger partial charge in [0.25, 0.3) is 0 Å². The SMILES string of the molecule is CC1CN(c2cc3c(cc2N)CCC(=O)N3)C(C)CO1. The Morgan fingerprint density at radius 3 is 2.95 bits per heavy atom. The lowest BCUT2D eigenvalue weighted by Crippen LogP contribution is -2.47. The number of fused-ring (bicyclic) bond motifs is 1. The van der Waals surface area contributed by atoms with E-state index in [1.54, 1.807) is 0 Å². The maximum absolute atomic E-state index is 11.5. The first kappa shape index (κ1) is 13.2. The topological polar surface area (TPSA) is 67.6 Å². The summed E-state index contributed by atoms with van der Waals surface area (Å²) in [5.41, 5.74) is 10.0. The molecule has 2 aliphatic rings. The molecule has 108 valence electrons. The van der Waals surface area contributed by atoms with Gasteiger partial charge in [0.1, 0.15) is 0 Å². The van der Waals surface area contributed by atoms with Crippen LogP contribution in [0.25, 0.3) is 0 Å². The van der Waals surface area contributed by atoms with Crippen molar-refractivity contribution in [3.05, 3.63) is 17.7 Å². The van der Waals surface area contributed by atoms with E-state index in [1.807, 2.05) is 12.1 Å². The van der Waals surface area contributed by atoms with Crippen LogP contribution in [0.5, 0.6) is 0 Å². The summed E-state index contributed by atoms with van der Waals surface area (Å²) in [6, 6.07) is 4.29. The molecule has 2 heterocycles. The van der Waals surface area contributed by atoms with Gasteiger partial charge in [0, 0.05) is 24.7 Å². The van der Waals surface area contributed by atoms with Gasteiger partial charge in [-0.2, -0.15) is 0 Å². The number of morpholine rings is 1. The van der Waals surface area contributed by atoms with E-state index in [4.69, 9.17) is 10.5 Å². The summed E-state index contributed by atoms with van der Waals surface area (Å²) >= 11 is 0. The van der Waals surface area contributed by atoms with Crippen LogP contribution in [0, 0.1) is 0 Å². The van der Waals surface area contributed by atoms with Crippen LogP contribution in [0.15, 0.2) is 12.1 Å². The molecule has 1 aromatic rings. The number of carbonyl (C=O) groups is 1. The second-order valence-corrected chi connectivity index (χ2v) is 5.76. The third-order valence-corrected chi connectivity index (χ3v) is 4.07. The van der Waals surface area contributed by atoms with E-state index in [9.17, 15) is 4.79 Å². The summed E-state index contributed by atoms with van der Waals surface area (Å²) in [4.78, 5) is 13.8. The highest BCUT2D eigenvalue weighted by Crippen LogP contribution is 2.35. The Morgan fingerprint density at radius 1 is 1.35 bits per heavy atom. The van der Waals surface area contributed by atoms with Crippen LogP contribution in [-0.4, -0.2) is 31.2 Å². The molecule has 1 saturated heterocycles. The molecule has 3 N–H and O–H groups in total. The number of nitrogen functional groups attached to an aromatic ring is 1. The fourth-order valence-electron chi connectivity index (χ4n) is 2.92. The van der Waals surface area contributed by atoms with Gasteiger partial charge in [0.05, 0.1) is 24.1 Å². The van der Waals surface area contributed by atoms with Gasteiger partial charge in [-0.05, 0) is 38.0 Å². The molecule has 5 heteroatoms. The van der Waals surface area contributed by atoms with Crippen LogP contribution >= 0.6 is 0 Å². The summed E-state index contributed by atoms with van der Waals surface area (Å²) in [5, 5.41) is 2.94. The molecular formula is C15H21N3O2. The molecule has 0 aliphatic carbocycles. The fourth-order valence-corrected chi connectivity index (χ4v) is 2.92. The molecule has 0 bridgehead atoms. The summed E-state index contributed by atoms with van der Waals surface area (Å²) in [5.74, 6) is 0.0802. The third-order valence-electron chi connectivity index (χ3n) is 4.07. The first-order valence-corrected chi connectivity index (χ1v) is 7.15. The van der Waals surface area contributed by atoms with Gasteiger partial charge in [-0.25, -0.2) is 0 Å². The molecule has 0 aromatic heterocycles. The van der Waals surface area contributed by atoms with Crippen molar-refractivity contribution in [2.45, 2.75) is 38.8 Å². The van der Waals surface area contributed by atoms with Gasteiger partial charge in [-0.15, -0.1) is 0 Å². The van der Waals surface area contributed by atoms with Crippen molar-refractivity contribution >= 4 is 23.0 Å². The van der Waals surface area contributed by atoms with E-state index in [0.29, 0.717) is 13.0 Å². The Labute approximate surface area is 119 Å². The van der Waals surface area contributed by atoms with Crippen molar-refractivity contribution < 1.29 is 9.53 Å². The minimum absolute atomic E-state index is 0.0802. The zero-order valence-corrected chi connectivity index (χ0v) is 12.0. The predicted octanol–water partition coefficient (Wildman–Crippen LogP) is 1.77. The normalized spacial score (nSPS) is 26.1. The number of rotatable bonds is 1. The van der Waals surface area contributed by atoms with E-state index >= 15 is 0 Å². The molecule has 20 heavy (non-hydrogen) atoms. The van der Waals surface area contributed by atoms with Crippen LogP contribution in [-0.2, 0) is 16.0 Å². The number of anilines is 3. The van der Waals surface area contributed by atoms with Crippen LogP contribution in [0.2, 0.25) is 0 Å². The lowest BCUT2D eigenvalue weighted by atomic mass is 10.00. The smallest absolute Gasteiger partial charge is 0.224 e. The van der Waals surface area contributed by atoms with Crippen molar-refractivity contribution in [1.29, 1.82) is 0 Å². The van der Waals surface area contributed by atoms with E-state index in [0.717, 1.165) is 35.6 Å². The fraction of sp³-hybridized carbons (Fsp3) is 0.533. The van der Waals surface area contributed by atoms with Crippen LogP contribution < -0.4 is 16.0 Å². The van der Waals surface area contributed by atoms with Gasteiger partial charge in [0.15, 0.2) is 0 Å². The number of ether oxygens (including phenoxy) is 1. The first-order chi connectivity index (χ1) is 9.54. The number of nitrogens with two attached hydrogens (primary N) is 1. The quantitative estimate of drug-likeness (QED) is 0.766. The van der Waals surface area contributed by atoms with E-state index in [1.165, 1.54) is 0 Å². The second kappa shape index (κ2) is 4.98. The number of nitrogens with one attached hydrogen (secondary N) is 1. The second-order valence-electron chi connectivity index (χ2n) is 5.76. The highest BCUT2D eigenvalue weighted by Gasteiger charge is 2.26. The number of nitrogens with zero attached hydrogens (tertiary/aromatic N) is 1. The molecule has 3 rings (SSSR count). The monoisotopic (exact) mass is 275 g/mol. The van der Waals surface area contributed by atoms with E-state index in [-0.39, 0.29) is 18.1 Å². The molecule has 0 saturated carbocycles. The summed E-state index contributed by atoms with van der Waals surface area (Å²) < 4.78 is 5.66. The highest BCUT2D eigenvalue weighted by molar-refractivity contribution is 5.95. The summed E-state index contributed by atoms with van der Waals surface area (Å²) in [7, 11) is 0. The largest absolute Gasteiger partial charge is 0.397 e. The minimum atomic E-state index is 0.0802. The number of amides is 1. The maximum atomic E-state index is 11.5. The van der Waals surface area contributed by atoms with Crippen LogP contribution in [0.4, 0.5) is 17.1 Å². The molecule has 0 spiro atoms. The van der Waals surface area contributed by atoms with Crippen molar-refractivity contribution in [2.24, 2.45) is 0 Å². The summed E-state index contributed by atoms with van der Waals surface area (Å²) in [6.07, 6.45) is 1.49. The van der Waals surface area contributed by atoms with Crippen molar-refractivity contribution in [2.75, 3.05) is 29.1 Å². The van der Waals surface area contributed by atoms with Gasteiger partial charge in [0.2, 0.25) is 5.91 Å². The Morgan fingerprint density at radius 2 is 2.15 bits per heavy atom. The maximum Gasteiger partial charge on any atom is 0.224 e. The number of carbonyl (C=O) groups excluding carboxylic acids is 1. The average Bonchev–Trinajstić information content (AvgIpc) is 2.41. The van der Waals surface area contributed by atoms with Crippen molar-refractivity contribution in [1.82, 2.24) is 0 Å². The Kier molecular flexibility index (Phi) is 3.30. The summed E-state index contributed by atoms with van der Waals surface area (Å²) in [6.45, 7) is 5.71. The lowest BCUT2D eigenvalue weighted by Gasteiger charge is -2.39. The van der Waals surface area contributed by atoms with Gasteiger partial charge < -0.3 is 20.7 Å². The van der Waals surface area contributed by atoms with Crippen molar-refractivity contribution in [3.8, 4) is 0 Å². The average molecular weight is 275 g/mol.